The normalized spacial score (nSPS) is 9.50. The van der Waals surface area contributed by atoms with Gasteiger partial charge >= 0.3 is 0 Å². The van der Waals surface area contributed by atoms with Crippen LogP contribution in [0.5, 0.6) is 0 Å². The topological polar surface area (TPSA) is 28.7 Å². The van der Waals surface area contributed by atoms with Crippen molar-refractivity contribution in [2.75, 3.05) is 0 Å². The van der Waals surface area contributed by atoms with Gasteiger partial charge < -0.3 is 4.98 Å². The van der Waals surface area contributed by atoms with E-state index in [0.717, 1.165) is 12.2 Å². The van der Waals surface area contributed by atoms with Crippen LogP contribution in [0.1, 0.15) is 31.9 Å². The molecule has 0 radical (unpaired) electrons. The Bertz CT molecular complexity index is 416. The van der Waals surface area contributed by atoms with E-state index in [4.69, 9.17) is 0 Å². The monoisotopic (exact) mass is 216 g/mol. The average Bonchev–Trinajstić information content (AvgIpc) is 2.85. The maximum absolute atomic E-state index is 4.27. The summed E-state index contributed by atoms with van der Waals surface area (Å²) < 4.78 is 0. The zero-order chi connectivity index (χ0) is 12.0. The highest BCUT2D eigenvalue weighted by molar-refractivity contribution is 5.61. The molecule has 16 heavy (non-hydrogen) atoms. The molecule has 0 saturated heterocycles. The molecule has 0 unspecified atom stereocenters. The molecule has 0 fully saturated rings. The highest BCUT2D eigenvalue weighted by atomic mass is 14.9. The van der Waals surface area contributed by atoms with Crippen LogP contribution >= 0.6 is 0 Å². The summed E-state index contributed by atoms with van der Waals surface area (Å²) in [5.41, 5.74) is 3.92. The van der Waals surface area contributed by atoms with E-state index in [9.17, 15) is 0 Å². The number of aryl methyl sites for hydroxylation is 1. The lowest BCUT2D eigenvalue weighted by molar-refractivity contribution is 1.10. The van der Waals surface area contributed by atoms with Crippen molar-refractivity contribution >= 4 is 0 Å². The van der Waals surface area contributed by atoms with Crippen molar-refractivity contribution in [1.82, 2.24) is 9.97 Å². The first-order valence-corrected chi connectivity index (χ1v) is 5.91. The third-order valence-corrected chi connectivity index (χ3v) is 2.58. The Morgan fingerprint density at radius 1 is 1.25 bits per heavy atom. The minimum Gasteiger partial charge on any atom is -0.345 e. The van der Waals surface area contributed by atoms with Gasteiger partial charge in [-0.1, -0.05) is 39.0 Å². The van der Waals surface area contributed by atoms with Crippen LogP contribution in [0.15, 0.2) is 30.6 Å². The third-order valence-electron chi connectivity index (χ3n) is 2.58. The molecule has 0 aliphatic rings. The van der Waals surface area contributed by atoms with Gasteiger partial charge in [-0.3, -0.25) is 0 Å². The predicted octanol–water partition coefficient (Wildman–Crippen LogP) is 3.97. The number of rotatable bonds is 2. The standard InChI is InChI=1S/C12H14N2.C2H6/c1-3-10-5-4-6-11(9(10)2)12-13-7-8-14-12;1-2/h4-8H,3H2,1-2H3,(H,13,14);1-2H3. The van der Waals surface area contributed by atoms with E-state index >= 15 is 0 Å². The Hall–Kier alpha value is -1.57. The Balaban J connectivity index is 0.000000606. The van der Waals surface area contributed by atoms with E-state index in [1.807, 2.05) is 20.0 Å². The summed E-state index contributed by atoms with van der Waals surface area (Å²) in [7, 11) is 0. The quantitative estimate of drug-likeness (QED) is 0.808. The van der Waals surface area contributed by atoms with Crippen LogP contribution in [-0.2, 0) is 6.42 Å². The number of benzene rings is 1. The molecule has 0 saturated carbocycles. The third kappa shape index (κ3) is 2.51. The summed E-state index contributed by atoms with van der Waals surface area (Å²) in [6.45, 7) is 8.32. The lowest BCUT2D eigenvalue weighted by Gasteiger charge is -2.07. The van der Waals surface area contributed by atoms with Gasteiger partial charge in [-0.2, -0.15) is 0 Å². The van der Waals surface area contributed by atoms with Crippen molar-refractivity contribution < 1.29 is 0 Å². The maximum atomic E-state index is 4.27. The number of aromatic nitrogens is 2. The molecule has 1 aromatic heterocycles. The van der Waals surface area contributed by atoms with Gasteiger partial charge in [0.25, 0.3) is 0 Å². The van der Waals surface area contributed by atoms with E-state index in [0.29, 0.717) is 0 Å². The minimum atomic E-state index is 0.956. The van der Waals surface area contributed by atoms with Gasteiger partial charge in [-0.15, -0.1) is 0 Å². The first kappa shape index (κ1) is 12.5. The number of hydrogen-bond donors (Lipinski definition) is 1. The molecule has 0 amide bonds. The zero-order valence-corrected chi connectivity index (χ0v) is 10.5. The summed E-state index contributed by atoms with van der Waals surface area (Å²) >= 11 is 0. The van der Waals surface area contributed by atoms with E-state index in [1.54, 1.807) is 6.20 Å². The average molecular weight is 216 g/mol. The molecule has 0 aliphatic carbocycles. The Labute approximate surface area is 97.7 Å². The second kappa shape index (κ2) is 6.11. The molecule has 1 N–H and O–H groups in total. The van der Waals surface area contributed by atoms with Crippen molar-refractivity contribution in [3.05, 3.63) is 41.7 Å². The van der Waals surface area contributed by atoms with Crippen LogP contribution in [0.25, 0.3) is 11.4 Å². The molecule has 2 heteroatoms. The van der Waals surface area contributed by atoms with Gasteiger partial charge in [0.1, 0.15) is 5.82 Å². The number of nitrogens with one attached hydrogen (secondary N) is 1. The van der Waals surface area contributed by atoms with Crippen LogP contribution in [0.4, 0.5) is 0 Å². The number of nitrogens with zero attached hydrogens (tertiary/aromatic N) is 1. The molecule has 86 valence electrons. The van der Waals surface area contributed by atoms with Crippen LogP contribution in [0.3, 0.4) is 0 Å². The summed E-state index contributed by atoms with van der Waals surface area (Å²) in [6, 6.07) is 6.36. The van der Waals surface area contributed by atoms with Crippen LogP contribution in [0.2, 0.25) is 0 Å². The number of aromatic amines is 1. The van der Waals surface area contributed by atoms with E-state index in [-0.39, 0.29) is 0 Å². The van der Waals surface area contributed by atoms with Gasteiger partial charge in [-0.25, -0.2) is 4.98 Å². The molecular formula is C14H20N2. The zero-order valence-electron chi connectivity index (χ0n) is 10.5. The van der Waals surface area contributed by atoms with E-state index in [2.05, 4.69) is 42.0 Å². The van der Waals surface area contributed by atoms with Gasteiger partial charge in [0.05, 0.1) is 0 Å². The van der Waals surface area contributed by atoms with E-state index < -0.39 is 0 Å². The van der Waals surface area contributed by atoms with Gasteiger partial charge in [0.2, 0.25) is 0 Å². The molecule has 0 spiro atoms. The number of imidazole rings is 1. The Morgan fingerprint density at radius 2 is 2.00 bits per heavy atom. The summed E-state index contributed by atoms with van der Waals surface area (Å²) in [5.74, 6) is 0.956. The molecule has 0 aliphatic heterocycles. The predicted molar refractivity (Wildman–Crippen MR) is 69.5 cm³/mol. The van der Waals surface area contributed by atoms with E-state index in [1.165, 1.54) is 16.7 Å². The SMILES string of the molecule is CC.CCc1cccc(-c2ncc[nH]2)c1C. The lowest BCUT2D eigenvalue weighted by atomic mass is 10.0. The fourth-order valence-corrected chi connectivity index (χ4v) is 1.74. The fraction of sp³-hybridized carbons (Fsp3) is 0.357. The minimum absolute atomic E-state index is 0.956. The molecule has 0 atom stereocenters. The van der Waals surface area contributed by atoms with Crippen molar-refractivity contribution in [3.63, 3.8) is 0 Å². The first-order valence-electron chi connectivity index (χ1n) is 5.91. The Kier molecular flexibility index (Phi) is 4.77. The maximum Gasteiger partial charge on any atom is 0.137 e. The summed E-state index contributed by atoms with van der Waals surface area (Å²) in [6.07, 6.45) is 4.71. The van der Waals surface area contributed by atoms with Crippen molar-refractivity contribution in [2.45, 2.75) is 34.1 Å². The van der Waals surface area contributed by atoms with Gasteiger partial charge in [0.15, 0.2) is 0 Å². The highest BCUT2D eigenvalue weighted by Crippen LogP contribution is 2.22. The largest absolute Gasteiger partial charge is 0.345 e. The molecule has 2 nitrogen and oxygen atoms in total. The van der Waals surface area contributed by atoms with Crippen LogP contribution in [0, 0.1) is 6.92 Å². The highest BCUT2D eigenvalue weighted by Gasteiger charge is 2.05. The molecular weight excluding hydrogens is 196 g/mol. The second-order valence-electron chi connectivity index (χ2n) is 3.38. The smallest absolute Gasteiger partial charge is 0.137 e. The molecule has 1 aromatic carbocycles. The van der Waals surface area contributed by atoms with Crippen LogP contribution in [-0.4, -0.2) is 9.97 Å². The summed E-state index contributed by atoms with van der Waals surface area (Å²) in [4.78, 5) is 7.40. The fourth-order valence-electron chi connectivity index (χ4n) is 1.74. The lowest BCUT2D eigenvalue weighted by Crippen LogP contribution is -1.91. The summed E-state index contributed by atoms with van der Waals surface area (Å²) in [5, 5.41) is 0. The second-order valence-corrected chi connectivity index (χ2v) is 3.38. The van der Waals surface area contributed by atoms with Gasteiger partial charge in [-0.05, 0) is 24.5 Å². The molecule has 0 bridgehead atoms. The number of H-pyrrole nitrogens is 1. The van der Waals surface area contributed by atoms with Crippen molar-refractivity contribution in [3.8, 4) is 11.4 Å². The van der Waals surface area contributed by atoms with Gasteiger partial charge in [0, 0.05) is 18.0 Å². The van der Waals surface area contributed by atoms with Crippen LogP contribution < -0.4 is 0 Å². The molecule has 2 rings (SSSR count). The van der Waals surface area contributed by atoms with Crippen molar-refractivity contribution in [1.29, 1.82) is 0 Å². The Morgan fingerprint density at radius 3 is 2.56 bits per heavy atom. The first-order chi connectivity index (χ1) is 7.83. The molecule has 1 heterocycles. The van der Waals surface area contributed by atoms with Crippen molar-refractivity contribution in [2.24, 2.45) is 0 Å². The number of hydrogen-bond acceptors (Lipinski definition) is 1. The molecule has 2 aromatic rings.